The minimum atomic E-state index is -4.43. The second-order valence-electron chi connectivity index (χ2n) is 3.90. The maximum Gasteiger partial charge on any atom is 0.416 e. The van der Waals surface area contributed by atoms with Gasteiger partial charge in [-0.2, -0.15) is 13.2 Å². The summed E-state index contributed by atoms with van der Waals surface area (Å²) in [4.78, 5) is 3.97. The predicted octanol–water partition coefficient (Wildman–Crippen LogP) is 3.94. The number of aromatic nitrogens is 1. The molecule has 1 aromatic carbocycles. The number of nitrogens with zero attached hydrogens (tertiary/aromatic N) is 1. The van der Waals surface area contributed by atoms with Crippen LogP contribution in [0.25, 0.3) is 0 Å². The Morgan fingerprint density at radius 2 is 1.89 bits per heavy atom. The van der Waals surface area contributed by atoms with E-state index in [1.165, 1.54) is 18.3 Å². The minimum Gasteiger partial charge on any atom is -0.382 e. The van der Waals surface area contributed by atoms with Crippen LogP contribution in [0.5, 0.6) is 0 Å². The van der Waals surface area contributed by atoms with E-state index in [1.54, 1.807) is 12.1 Å². The largest absolute Gasteiger partial charge is 0.416 e. The van der Waals surface area contributed by atoms with Crippen LogP contribution >= 0.6 is 15.9 Å². The Bertz CT molecular complexity index is 586. The molecule has 19 heavy (non-hydrogen) atoms. The molecule has 0 saturated heterocycles. The monoisotopic (exact) mass is 331 g/mol. The van der Waals surface area contributed by atoms with Gasteiger partial charge in [-0.3, -0.25) is 4.98 Å². The molecule has 2 nitrogen and oxygen atoms in total. The number of alkyl halides is 3. The van der Waals surface area contributed by atoms with Gasteiger partial charge in [-0.05, 0) is 45.8 Å². The molecule has 100 valence electrons. The number of rotatable bonds is 2. The van der Waals surface area contributed by atoms with Gasteiger partial charge in [0.05, 0.1) is 11.3 Å². The molecule has 0 saturated carbocycles. The van der Waals surface area contributed by atoms with Crippen LogP contribution in [-0.2, 0) is 6.18 Å². The molecule has 0 fully saturated rings. The minimum absolute atomic E-state index is 0.147. The van der Waals surface area contributed by atoms with Crippen molar-refractivity contribution in [2.45, 2.75) is 12.3 Å². The summed E-state index contributed by atoms with van der Waals surface area (Å²) < 4.78 is 38.4. The number of benzene rings is 1. The highest BCUT2D eigenvalue weighted by molar-refractivity contribution is 9.10. The molecule has 0 amide bonds. The summed E-state index contributed by atoms with van der Waals surface area (Å²) in [6.07, 6.45) is -4.17. The summed E-state index contributed by atoms with van der Waals surface area (Å²) in [5.41, 5.74) is -0.368. The van der Waals surface area contributed by atoms with E-state index in [0.717, 1.165) is 12.1 Å². The molecule has 2 aromatic rings. The molecular formula is C13H9BrF3NO. The molecule has 0 aliphatic carbocycles. The molecule has 1 atom stereocenters. The van der Waals surface area contributed by atoms with Crippen molar-refractivity contribution in [1.29, 1.82) is 0 Å². The zero-order valence-corrected chi connectivity index (χ0v) is 11.1. The van der Waals surface area contributed by atoms with Gasteiger partial charge >= 0.3 is 6.18 Å². The SMILES string of the molecule is OC(c1cccc(C(F)(F)F)c1)c1ncccc1Br. The fourth-order valence-corrected chi connectivity index (χ4v) is 2.11. The summed E-state index contributed by atoms with van der Waals surface area (Å²) in [6.45, 7) is 0. The van der Waals surface area contributed by atoms with Crippen LogP contribution in [-0.4, -0.2) is 10.1 Å². The van der Waals surface area contributed by atoms with Crippen molar-refractivity contribution < 1.29 is 18.3 Å². The summed E-state index contributed by atoms with van der Waals surface area (Å²) in [5, 5.41) is 10.1. The molecule has 0 radical (unpaired) electrons. The van der Waals surface area contributed by atoms with Gasteiger partial charge in [0.2, 0.25) is 0 Å². The molecule has 1 aromatic heterocycles. The first kappa shape index (κ1) is 14.0. The van der Waals surface area contributed by atoms with Gasteiger partial charge in [0.15, 0.2) is 0 Å². The number of pyridine rings is 1. The van der Waals surface area contributed by atoms with Crippen molar-refractivity contribution in [3.63, 3.8) is 0 Å². The molecule has 1 N–H and O–H groups in total. The normalized spacial score (nSPS) is 13.3. The van der Waals surface area contributed by atoms with Gasteiger partial charge in [-0.25, -0.2) is 0 Å². The number of hydrogen-bond acceptors (Lipinski definition) is 2. The Labute approximate surface area is 116 Å². The molecular weight excluding hydrogens is 323 g/mol. The molecule has 0 aliphatic rings. The zero-order valence-electron chi connectivity index (χ0n) is 9.53. The second-order valence-corrected chi connectivity index (χ2v) is 4.75. The van der Waals surface area contributed by atoms with E-state index in [-0.39, 0.29) is 11.3 Å². The average molecular weight is 332 g/mol. The molecule has 1 heterocycles. The maximum absolute atomic E-state index is 12.6. The van der Waals surface area contributed by atoms with Crippen LogP contribution in [0, 0.1) is 0 Å². The first-order valence-electron chi connectivity index (χ1n) is 5.35. The smallest absolute Gasteiger partial charge is 0.382 e. The van der Waals surface area contributed by atoms with E-state index >= 15 is 0 Å². The molecule has 0 spiro atoms. The van der Waals surface area contributed by atoms with Crippen LogP contribution in [0.1, 0.15) is 22.9 Å². The number of aliphatic hydroxyl groups is 1. The van der Waals surface area contributed by atoms with Gasteiger partial charge in [-0.1, -0.05) is 12.1 Å². The van der Waals surface area contributed by atoms with Gasteiger partial charge in [0.25, 0.3) is 0 Å². The summed E-state index contributed by atoms with van der Waals surface area (Å²) in [7, 11) is 0. The molecule has 1 unspecified atom stereocenters. The lowest BCUT2D eigenvalue weighted by Gasteiger charge is -2.14. The molecule has 6 heteroatoms. The van der Waals surface area contributed by atoms with E-state index in [9.17, 15) is 18.3 Å². The van der Waals surface area contributed by atoms with Crippen LogP contribution in [0.4, 0.5) is 13.2 Å². The van der Waals surface area contributed by atoms with Crippen LogP contribution in [0.2, 0.25) is 0 Å². The summed E-state index contributed by atoms with van der Waals surface area (Å²) in [5.74, 6) is 0. The van der Waals surface area contributed by atoms with E-state index in [4.69, 9.17) is 0 Å². The van der Waals surface area contributed by atoms with Crippen LogP contribution in [0.3, 0.4) is 0 Å². The summed E-state index contributed by atoms with van der Waals surface area (Å²) >= 11 is 3.21. The van der Waals surface area contributed by atoms with Crippen molar-refractivity contribution in [2.24, 2.45) is 0 Å². The van der Waals surface area contributed by atoms with E-state index in [1.807, 2.05) is 0 Å². The van der Waals surface area contributed by atoms with E-state index < -0.39 is 17.8 Å². The Hall–Kier alpha value is -1.40. The quantitative estimate of drug-likeness (QED) is 0.904. The lowest BCUT2D eigenvalue weighted by molar-refractivity contribution is -0.137. The molecule has 0 aliphatic heterocycles. The van der Waals surface area contributed by atoms with Crippen LogP contribution in [0.15, 0.2) is 47.1 Å². The standard InChI is InChI=1S/C13H9BrF3NO/c14-10-5-2-6-18-11(10)12(19)8-3-1-4-9(7-8)13(15,16)17/h1-7,12,19H. The molecule has 0 bridgehead atoms. The number of hydrogen-bond donors (Lipinski definition) is 1. The third kappa shape index (κ3) is 3.13. The van der Waals surface area contributed by atoms with Crippen LogP contribution < -0.4 is 0 Å². The molecule has 2 rings (SSSR count). The highest BCUT2D eigenvalue weighted by atomic mass is 79.9. The lowest BCUT2D eigenvalue weighted by atomic mass is 10.0. The van der Waals surface area contributed by atoms with Gasteiger partial charge in [0, 0.05) is 10.7 Å². The van der Waals surface area contributed by atoms with Crippen molar-refractivity contribution >= 4 is 15.9 Å². The predicted molar refractivity (Wildman–Crippen MR) is 67.4 cm³/mol. The summed E-state index contributed by atoms with van der Waals surface area (Å²) in [6, 6.07) is 7.90. The zero-order chi connectivity index (χ0) is 14.0. The average Bonchev–Trinajstić information content (AvgIpc) is 2.38. The van der Waals surface area contributed by atoms with Crippen molar-refractivity contribution in [3.8, 4) is 0 Å². The highest BCUT2D eigenvalue weighted by Crippen LogP contribution is 2.33. The number of aliphatic hydroxyl groups excluding tert-OH is 1. The Kier molecular flexibility index (Phi) is 3.91. The van der Waals surface area contributed by atoms with Gasteiger partial charge in [0.1, 0.15) is 6.10 Å². The van der Waals surface area contributed by atoms with Crippen molar-refractivity contribution in [1.82, 2.24) is 4.98 Å². The number of halogens is 4. The van der Waals surface area contributed by atoms with Crippen molar-refractivity contribution in [2.75, 3.05) is 0 Å². The topological polar surface area (TPSA) is 33.1 Å². The third-order valence-electron chi connectivity index (χ3n) is 2.58. The Balaban J connectivity index is 2.40. The first-order chi connectivity index (χ1) is 8.89. The lowest BCUT2D eigenvalue weighted by Crippen LogP contribution is -2.08. The maximum atomic E-state index is 12.6. The highest BCUT2D eigenvalue weighted by Gasteiger charge is 2.31. The Morgan fingerprint density at radius 3 is 2.53 bits per heavy atom. The van der Waals surface area contributed by atoms with Crippen molar-refractivity contribution in [3.05, 3.63) is 63.9 Å². The fourth-order valence-electron chi connectivity index (χ4n) is 1.64. The van der Waals surface area contributed by atoms with E-state index in [0.29, 0.717) is 4.47 Å². The second kappa shape index (κ2) is 5.30. The first-order valence-corrected chi connectivity index (χ1v) is 6.14. The Morgan fingerprint density at radius 1 is 1.16 bits per heavy atom. The fraction of sp³-hybridized carbons (Fsp3) is 0.154. The van der Waals surface area contributed by atoms with Gasteiger partial charge in [-0.15, -0.1) is 0 Å². The third-order valence-corrected chi connectivity index (χ3v) is 3.25. The van der Waals surface area contributed by atoms with E-state index in [2.05, 4.69) is 20.9 Å². The van der Waals surface area contributed by atoms with Gasteiger partial charge < -0.3 is 5.11 Å².